The summed E-state index contributed by atoms with van der Waals surface area (Å²) in [7, 11) is 0. The zero-order valence-corrected chi connectivity index (χ0v) is 15.7. The van der Waals surface area contributed by atoms with Gasteiger partial charge in [0, 0.05) is 24.1 Å². The highest BCUT2D eigenvalue weighted by Gasteiger charge is 2.33. The van der Waals surface area contributed by atoms with E-state index in [2.05, 4.69) is 5.32 Å². The third-order valence-corrected chi connectivity index (χ3v) is 4.79. The molecule has 8 heteroatoms. The number of rotatable bonds is 5. The summed E-state index contributed by atoms with van der Waals surface area (Å²) in [5, 5.41) is 13.8. The maximum atomic E-state index is 12.8. The fraction of sp³-hybridized carbons (Fsp3) is 0.200. The van der Waals surface area contributed by atoms with E-state index in [-0.39, 0.29) is 35.2 Å². The number of hydrogen-bond acceptors (Lipinski definition) is 5. The third kappa shape index (κ3) is 4.20. The lowest BCUT2D eigenvalue weighted by atomic mass is 9.84. The Morgan fingerprint density at radius 3 is 2.68 bits per heavy atom. The predicted octanol–water partition coefficient (Wildman–Crippen LogP) is 3.87. The van der Waals surface area contributed by atoms with Crippen molar-refractivity contribution in [2.45, 2.75) is 25.9 Å². The SMILES string of the molecule is CC1=C(C(=O)OCc2ccccc2)[C@H](c2ccc(Cl)c([N+](=O)[O-])c2)CC(=O)N1. The van der Waals surface area contributed by atoms with Crippen LogP contribution in [-0.4, -0.2) is 16.8 Å². The molecule has 1 aliphatic rings. The number of nitro benzene ring substituents is 1. The topological polar surface area (TPSA) is 98.5 Å². The quantitative estimate of drug-likeness (QED) is 0.466. The second kappa shape index (κ2) is 8.22. The number of nitro groups is 1. The van der Waals surface area contributed by atoms with Crippen molar-refractivity contribution in [2.24, 2.45) is 0 Å². The van der Waals surface area contributed by atoms with Gasteiger partial charge in [-0.05, 0) is 24.1 Å². The van der Waals surface area contributed by atoms with E-state index in [1.54, 1.807) is 13.0 Å². The minimum atomic E-state index is -0.659. The molecule has 0 spiro atoms. The summed E-state index contributed by atoms with van der Waals surface area (Å²) in [5.41, 5.74) is 1.65. The molecule has 0 saturated heterocycles. The van der Waals surface area contributed by atoms with Gasteiger partial charge in [0.05, 0.1) is 10.5 Å². The van der Waals surface area contributed by atoms with Crippen molar-refractivity contribution in [2.75, 3.05) is 0 Å². The van der Waals surface area contributed by atoms with E-state index in [0.29, 0.717) is 11.3 Å². The normalized spacial score (nSPS) is 16.5. The van der Waals surface area contributed by atoms with Gasteiger partial charge in [0.15, 0.2) is 0 Å². The molecule has 2 aromatic rings. The van der Waals surface area contributed by atoms with Gasteiger partial charge in [-0.15, -0.1) is 0 Å². The summed E-state index contributed by atoms with van der Waals surface area (Å²) >= 11 is 5.88. The predicted molar refractivity (Wildman–Crippen MR) is 103 cm³/mol. The maximum Gasteiger partial charge on any atom is 0.336 e. The number of benzene rings is 2. The molecule has 1 amide bonds. The van der Waals surface area contributed by atoms with Crippen LogP contribution in [0.25, 0.3) is 0 Å². The lowest BCUT2D eigenvalue weighted by Crippen LogP contribution is -2.34. The Labute approximate surface area is 166 Å². The molecule has 0 saturated carbocycles. The summed E-state index contributed by atoms with van der Waals surface area (Å²) in [6.45, 7) is 1.69. The van der Waals surface area contributed by atoms with Crippen LogP contribution in [-0.2, 0) is 20.9 Å². The fourth-order valence-electron chi connectivity index (χ4n) is 3.14. The van der Waals surface area contributed by atoms with Crippen molar-refractivity contribution in [3.63, 3.8) is 0 Å². The first-order chi connectivity index (χ1) is 13.4. The number of ether oxygens (including phenoxy) is 1. The van der Waals surface area contributed by atoms with Crippen LogP contribution in [0.3, 0.4) is 0 Å². The number of amides is 1. The van der Waals surface area contributed by atoms with Gasteiger partial charge in [0.25, 0.3) is 5.69 Å². The van der Waals surface area contributed by atoms with Crippen LogP contribution < -0.4 is 5.32 Å². The average molecular weight is 401 g/mol. The molecule has 0 aliphatic carbocycles. The van der Waals surface area contributed by atoms with Crippen LogP contribution in [0.15, 0.2) is 59.8 Å². The Morgan fingerprint density at radius 1 is 1.29 bits per heavy atom. The Bertz CT molecular complexity index is 972. The van der Waals surface area contributed by atoms with Gasteiger partial charge in [-0.25, -0.2) is 4.79 Å². The standard InChI is InChI=1S/C20H17ClN2O5/c1-12-19(20(25)28-11-13-5-3-2-4-6-13)15(10-18(24)22-12)14-7-8-16(21)17(9-14)23(26)27/h2-9,15H,10-11H2,1H3,(H,22,24)/t15-/m0/s1. The van der Waals surface area contributed by atoms with Crippen molar-refractivity contribution in [3.05, 3.63) is 86.1 Å². The van der Waals surface area contributed by atoms with Gasteiger partial charge in [-0.3, -0.25) is 14.9 Å². The highest BCUT2D eigenvalue weighted by atomic mass is 35.5. The number of carbonyl (C=O) groups excluding carboxylic acids is 2. The minimum absolute atomic E-state index is 0.0112. The van der Waals surface area contributed by atoms with Gasteiger partial charge >= 0.3 is 5.97 Å². The van der Waals surface area contributed by atoms with E-state index in [0.717, 1.165) is 5.56 Å². The summed E-state index contributed by atoms with van der Waals surface area (Å²) in [4.78, 5) is 35.4. The van der Waals surface area contributed by atoms with Crippen molar-refractivity contribution in [1.29, 1.82) is 0 Å². The average Bonchev–Trinajstić information content (AvgIpc) is 2.66. The van der Waals surface area contributed by atoms with Crippen LogP contribution in [0.5, 0.6) is 0 Å². The Hall–Kier alpha value is -3.19. The number of esters is 1. The van der Waals surface area contributed by atoms with E-state index in [1.165, 1.54) is 12.1 Å². The van der Waals surface area contributed by atoms with Crippen LogP contribution in [0.4, 0.5) is 5.69 Å². The Morgan fingerprint density at radius 2 is 2.00 bits per heavy atom. The van der Waals surface area contributed by atoms with Gasteiger partial charge in [0.2, 0.25) is 5.91 Å². The fourth-order valence-corrected chi connectivity index (χ4v) is 3.33. The lowest BCUT2D eigenvalue weighted by molar-refractivity contribution is -0.384. The Kier molecular flexibility index (Phi) is 5.75. The van der Waals surface area contributed by atoms with E-state index < -0.39 is 16.8 Å². The summed E-state index contributed by atoms with van der Waals surface area (Å²) < 4.78 is 5.42. The number of hydrogen-bond donors (Lipinski definition) is 1. The molecule has 7 nitrogen and oxygen atoms in total. The largest absolute Gasteiger partial charge is 0.457 e. The van der Waals surface area contributed by atoms with Gasteiger partial charge in [0.1, 0.15) is 11.6 Å². The van der Waals surface area contributed by atoms with Crippen LogP contribution >= 0.6 is 11.6 Å². The molecule has 1 N–H and O–H groups in total. The molecule has 1 atom stereocenters. The number of allylic oxidation sites excluding steroid dienone is 1. The van der Waals surface area contributed by atoms with E-state index >= 15 is 0 Å². The minimum Gasteiger partial charge on any atom is -0.457 e. The molecule has 0 unspecified atom stereocenters. The van der Waals surface area contributed by atoms with Crippen molar-refractivity contribution in [3.8, 4) is 0 Å². The number of carbonyl (C=O) groups is 2. The third-order valence-electron chi connectivity index (χ3n) is 4.47. The zero-order valence-electron chi connectivity index (χ0n) is 15.0. The van der Waals surface area contributed by atoms with Crippen molar-refractivity contribution >= 4 is 29.2 Å². The summed E-state index contributed by atoms with van der Waals surface area (Å²) in [6.07, 6.45) is -0.0219. The summed E-state index contributed by atoms with van der Waals surface area (Å²) in [6, 6.07) is 13.5. The van der Waals surface area contributed by atoms with Gasteiger partial charge in [-0.2, -0.15) is 0 Å². The highest BCUT2D eigenvalue weighted by Crippen LogP contribution is 2.37. The molecule has 0 radical (unpaired) electrons. The van der Waals surface area contributed by atoms with E-state index in [4.69, 9.17) is 16.3 Å². The maximum absolute atomic E-state index is 12.8. The molecule has 0 aromatic heterocycles. The highest BCUT2D eigenvalue weighted by molar-refractivity contribution is 6.32. The molecule has 0 bridgehead atoms. The van der Waals surface area contributed by atoms with Crippen molar-refractivity contribution in [1.82, 2.24) is 5.32 Å². The molecular weight excluding hydrogens is 384 g/mol. The molecule has 144 valence electrons. The van der Waals surface area contributed by atoms with Gasteiger partial charge < -0.3 is 10.1 Å². The van der Waals surface area contributed by atoms with E-state index in [1.807, 2.05) is 30.3 Å². The van der Waals surface area contributed by atoms with Crippen molar-refractivity contribution < 1.29 is 19.2 Å². The van der Waals surface area contributed by atoms with Crippen LogP contribution in [0, 0.1) is 10.1 Å². The molecule has 1 heterocycles. The second-order valence-corrected chi connectivity index (χ2v) is 6.78. The first-order valence-electron chi connectivity index (χ1n) is 8.52. The van der Waals surface area contributed by atoms with Crippen LogP contribution in [0.2, 0.25) is 5.02 Å². The number of halogens is 1. The number of nitrogens with one attached hydrogen (secondary N) is 1. The molecule has 28 heavy (non-hydrogen) atoms. The monoisotopic (exact) mass is 400 g/mol. The zero-order chi connectivity index (χ0) is 20.3. The smallest absolute Gasteiger partial charge is 0.336 e. The molecule has 1 aliphatic heterocycles. The summed E-state index contributed by atoms with van der Waals surface area (Å²) in [5.74, 6) is -1.52. The molecule has 2 aromatic carbocycles. The van der Waals surface area contributed by atoms with Gasteiger partial charge in [-0.1, -0.05) is 48.0 Å². The number of nitrogens with zero attached hydrogens (tertiary/aromatic N) is 1. The first kappa shape index (κ1) is 19.6. The van der Waals surface area contributed by atoms with E-state index in [9.17, 15) is 19.7 Å². The van der Waals surface area contributed by atoms with Crippen LogP contribution in [0.1, 0.15) is 30.4 Å². The first-order valence-corrected chi connectivity index (χ1v) is 8.90. The second-order valence-electron chi connectivity index (χ2n) is 6.37. The molecular formula is C20H17ClN2O5. The molecule has 3 rings (SSSR count). The Balaban J connectivity index is 1.91. The lowest BCUT2D eigenvalue weighted by Gasteiger charge is -2.26. The molecule has 0 fully saturated rings.